The fourth-order valence-electron chi connectivity index (χ4n) is 4.19. The number of ether oxygens (including phenoxy) is 1. The van der Waals surface area contributed by atoms with Crippen molar-refractivity contribution in [3.05, 3.63) is 82.0 Å². The summed E-state index contributed by atoms with van der Waals surface area (Å²) in [5.41, 5.74) is 3.97. The number of fused-ring (bicyclic) bond motifs is 1. The van der Waals surface area contributed by atoms with E-state index in [0.29, 0.717) is 5.88 Å². The summed E-state index contributed by atoms with van der Waals surface area (Å²) in [4.78, 5) is 12.5. The maximum atomic E-state index is 12.5. The number of aliphatic hydroxyl groups excluding tert-OH is 1. The van der Waals surface area contributed by atoms with Crippen LogP contribution >= 0.6 is 11.6 Å². The zero-order chi connectivity index (χ0) is 21.6. The molecule has 0 saturated carbocycles. The summed E-state index contributed by atoms with van der Waals surface area (Å²) in [6, 6.07) is 16.7. The molecule has 1 heterocycles. The highest BCUT2D eigenvalue weighted by Crippen LogP contribution is 2.36. The molecule has 1 aliphatic carbocycles. The molecule has 2 atom stereocenters. The van der Waals surface area contributed by atoms with Gasteiger partial charge in [-0.1, -0.05) is 60.5 Å². The molecule has 7 heteroatoms. The Labute approximate surface area is 186 Å². The van der Waals surface area contributed by atoms with Crippen molar-refractivity contribution in [3.8, 4) is 5.88 Å². The van der Waals surface area contributed by atoms with E-state index in [1.807, 2.05) is 48.5 Å². The Bertz CT molecular complexity index is 1020. The zero-order valence-electron chi connectivity index (χ0n) is 17.2. The Hall–Kier alpha value is -2.83. The molecule has 1 aromatic heterocycles. The van der Waals surface area contributed by atoms with Gasteiger partial charge in [0.15, 0.2) is 0 Å². The van der Waals surface area contributed by atoms with Gasteiger partial charge >= 0.3 is 6.09 Å². The monoisotopic (exact) mass is 439 g/mol. The van der Waals surface area contributed by atoms with Crippen LogP contribution in [0, 0.1) is 0 Å². The largest absolute Gasteiger partial charge is 0.414 e. The topological polar surface area (TPSA) is 87.2 Å². The molecule has 0 unspecified atom stereocenters. The van der Waals surface area contributed by atoms with Crippen molar-refractivity contribution in [2.75, 3.05) is 6.61 Å². The molecule has 4 rings (SSSR count). The number of benzene rings is 2. The van der Waals surface area contributed by atoms with Crippen LogP contribution in [-0.4, -0.2) is 28.0 Å². The Balaban J connectivity index is 1.48. The van der Waals surface area contributed by atoms with Crippen LogP contribution in [0.5, 0.6) is 5.88 Å². The number of aromatic nitrogens is 2. The molecular weight excluding hydrogens is 414 g/mol. The highest BCUT2D eigenvalue weighted by atomic mass is 35.5. The van der Waals surface area contributed by atoms with E-state index in [2.05, 4.69) is 21.6 Å². The number of nitrogens with zero attached hydrogens (tertiary/aromatic N) is 1. The van der Waals surface area contributed by atoms with Gasteiger partial charge in [-0.3, -0.25) is 5.10 Å². The molecule has 0 aliphatic heterocycles. The lowest BCUT2D eigenvalue weighted by atomic mass is 9.92. The number of hydrogen-bond acceptors (Lipinski definition) is 4. The summed E-state index contributed by atoms with van der Waals surface area (Å²) in [5.74, 6) is 0.577. The SMILES string of the molecule is O=C(N[C@H](CO)c1ccccc1)Oc1n[nH]c2c1CCCC[C@H]2Cc1cccc(Cl)c1. The fourth-order valence-corrected chi connectivity index (χ4v) is 4.41. The van der Waals surface area contributed by atoms with Gasteiger partial charge in [-0.2, -0.15) is 0 Å². The van der Waals surface area contributed by atoms with Crippen molar-refractivity contribution >= 4 is 17.7 Å². The molecule has 1 amide bonds. The minimum atomic E-state index is -0.632. The lowest BCUT2D eigenvalue weighted by molar-refractivity contribution is 0.181. The molecule has 0 saturated heterocycles. The van der Waals surface area contributed by atoms with Crippen molar-refractivity contribution in [1.82, 2.24) is 15.5 Å². The standard InChI is InChI=1S/C24H26ClN3O3/c25-19-11-6-7-16(14-19)13-18-10-4-5-12-20-22(18)27-28-23(20)31-24(30)26-21(15-29)17-8-2-1-3-9-17/h1-3,6-9,11,14,18,21,29H,4-5,10,12-13,15H2,(H,26,30)(H,27,28)/t18-,21+/m0/s1. The van der Waals surface area contributed by atoms with Gasteiger partial charge in [0.2, 0.25) is 5.88 Å². The second kappa shape index (κ2) is 9.98. The van der Waals surface area contributed by atoms with E-state index in [9.17, 15) is 9.90 Å². The van der Waals surface area contributed by atoms with Crippen LogP contribution in [0.1, 0.15) is 53.6 Å². The first-order chi connectivity index (χ1) is 15.1. The van der Waals surface area contributed by atoms with Crippen LogP contribution in [0.25, 0.3) is 0 Å². The third kappa shape index (κ3) is 5.27. The lowest BCUT2D eigenvalue weighted by Crippen LogP contribution is -2.33. The minimum Gasteiger partial charge on any atom is -0.394 e. The molecular formula is C24H26ClN3O3. The van der Waals surface area contributed by atoms with Crippen LogP contribution in [0.4, 0.5) is 4.79 Å². The number of amides is 1. The number of H-pyrrole nitrogens is 1. The summed E-state index contributed by atoms with van der Waals surface area (Å²) in [7, 11) is 0. The van der Waals surface area contributed by atoms with Gasteiger partial charge in [-0.15, -0.1) is 5.10 Å². The predicted octanol–water partition coefficient (Wildman–Crippen LogP) is 4.94. The van der Waals surface area contributed by atoms with E-state index < -0.39 is 12.1 Å². The predicted molar refractivity (Wildman–Crippen MR) is 119 cm³/mol. The van der Waals surface area contributed by atoms with Crippen molar-refractivity contribution in [1.29, 1.82) is 0 Å². The summed E-state index contributed by atoms with van der Waals surface area (Å²) >= 11 is 6.15. The van der Waals surface area contributed by atoms with Gasteiger partial charge in [0.25, 0.3) is 0 Å². The number of halogens is 1. The number of hydrogen-bond donors (Lipinski definition) is 3. The van der Waals surface area contributed by atoms with E-state index in [1.165, 1.54) is 5.56 Å². The van der Waals surface area contributed by atoms with Crippen LogP contribution in [-0.2, 0) is 12.8 Å². The van der Waals surface area contributed by atoms with Gasteiger partial charge in [-0.05, 0) is 48.9 Å². The third-order valence-electron chi connectivity index (χ3n) is 5.74. The highest BCUT2D eigenvalue weighted by molar-refractivity contribution is 6.30. The van der Waals surface area contributed by atoms with E-state index in [1.54, 1.807) is 0 Å². The quantitative estimate of drug-likeness (QED) is 0.475. The van der Waals surface area contributed by atoms with Gasteiger partial charge in [0.05, 0.1) is 12.6 Å². The molecule has 3 aromatic rings. The van der Waals surface area contributed by atoms with Crippen molar-refractivity contribution < 1.29 is 14.6 Å². The molecule has 31 heavy (non-hydrogen) atoms. The number of carbonyl (C=O) groups excluding carboxylic acids is 1. The molecule has 0 radical (unpaired) electrons. The number of rotatable bonds is 6. The molecule has 3 N–H and O–H groups in total. The van der Waals surface area contributed by atoms with Crippen LogP contribution in [0.15, 0.2) is 54.6 Å². The Kier molecular flexibility index (Phi) is 6.89. The second-order valence-corrected chi connectivity index (χ2v) is 8.31. The first-order valence-electron chi connectivity index (χ1n) is 10.6. The second-order valence-electron chi connectivity index (χ2n) is 7.88. The highest BCUT2D eigenvalue weighted by Gasteiger charge is 2.26. The van der Waals surface area contributed by atoms with Crippen molar-refractivity contribution in [3.63, 3.8) is 0 Å². The average Bonchev–Trinajstić information content (AvgIpc) is 3.05. The first-order valence-corrected chi connectivity index (χ1v) is 11.0. The first kappa shape index (κ1) is 21.4. The number of nitrogens with one attached hydrogen (secondary N) is 2. The maximum absolute atomic E-state index is 12.5. The summed E-state index contributed by atoms with van der Waals surface area (Å²) in [6.45, 7) is -0.223. The summed E-state index contributed by atoms with van der Waals surface area (Å²) < 4.78 is 5.56. The summed E-state index contributed by atoms with van der Waals surface area (Å²) in [5, 5.41) is 20.5. The molecule has 0 bridgehead atoms. The van der Waals surface area contributed by atoms with E-state index >= 15 is 0 Å². The van der Waals surface area contributed by atoms with Gasteiger partial charge < -0.3 is 15.2 Å². The van der Waals surface area contributed by atoms with Gasteiger partial charge in [0, 0.05) is 22.2 Å². The number of aromatic amines is 1. The molecule has 6 nitrogen and oxygen atoms in total. The van der Waals surface area contributed by atoms with Crippen molar-refractivity contribution in [2.45, 2.75) is 44.1 Å². The lowest BCUT2D eigenvalue weighted by Gasteiger charge is -2.16. The minimum absolute atomic E-state index is 0.223. The molecule has 2 aromatic carbocycles. The van der Waals surface area contributed by atoms with Gasteiger partial charge in [0.1, 0.15) is 0 Å². The Morgan fingerprint density at radius 3 is 2.84 bits per heavy atom. The normalized spacial score (nSPS) is 16.8. The van der Waals surface area contributed by atoms with Crippen LogP contribution in [0.3, 0.4) is 0 Å². The molecule has 1 aliphatic rings. The Morgan fingerprint density at radius 1 is 1.23 bits per heavy atom. The van der Waals surface area contributed by atoms with E-state index in [-0.39, 0.29) is 12.5 Å². The van der Waals surface area contributed by atoms with E-state index in [0.717, 1.165) is 53.9 Å². The van der Waals surface area contributed by atoms with Gasteiger partial charge in [-0.25, -0.2) is 4.79 Å². The van der Waals surface area contributed by atoms with E-state index in [4.69, 9.17) is 16.3 Å². The molecule has 0 spiro atoms. The Morgan fingerprint density at radius 2 is 2.06 bits per heavy atom. The summed E-state index contributed by atoms with van der Waals surface area (Å²) in [6.07, 6.45) is 4.17. The van der Waals surface area contributed by atoms with Crippen LogP contribution < -0.4 is 10.1 Å². The fraction of sp³-hybridized carbons (Fsp3) is 0.333. The average molecular weight is 440 g/mol. The number of aliphatic hydroxyl groups is 1. The van der Waals surface area contributed by atoms with Crippen molar-refractivity contribution in [2.24, 2.45) is 0 Å². The maximum Gasteiger partial charge on any atom is 0.414 e. The number of carbonyl (C=O) groups is 1. The smallest absolute Gasteiger partial charge is 0.394 e. The third-order valence-corrected chi connectivity index (χ3v) is 5.97. The molecule has 0 fully saturated rings. The molecule has 162 valence electrons. The zero-order valence-corrected chi connectivity index (χ0v) is 17.9. The van der Waals surface area contributed by atoms with Crippen LogP contribution in [0.2, 0.25) is 5.02 Å².